The zero-order chi connectivity index (χ0) is 17.4. The van der Waals surface area contributed by atoms with E-state index >= 15 is 0 Å². The zero-order valence-electron chi connectivity index (χ0n) is 13.4. The Morgan fingerprint density at radius 3 is 2.96 bits per heavy atom. The molecule has 0 spiro atoms. The van der Waals surface area contributed by atoms with Crippen LogP contribution in [-0.4, -0.2) is 15.5 Å². The minimum atomic E-state index is -0.454. The topological polar surface area (TPSA) is 61.2 Å². The number of rotatable bonds is 3. The number of nitrogens with zero attached hydrogens (tertiary/aromatic N) is 2. The molecule has 0 bridgehead atoms. The smallest absolute Gasteiger partial charge is 0.338 e. The van der Waals surface area contributed by atoms with Gasteiger partial charge in [-0.3, -0.25) is 9.36 Å². The first kappa shape index (κ1) is 15.8. The number of esters is 1. The molecule has 0 radical (unpaired) electrons. The van der Waals surface area contributed by atoms with E-state index in [1.807, 2.05) is 6.07 Å². The molecule has 126 valence electrons. The van der Waals surface area contributed by atoms with Crippen LogP contribution in [0.4, 0.5) is 0 Å². The van der Waals surface area contributed by atoms with Crippen molar-refractivity contribution in [3.8, 4) is 0 Å². The summed E-state index contributed by atoms with van der Waals surface area (Å²) in [5.41, 5.74) is 1.69. The van der Waals surface area contributed by atoms with Gasteiger partial charge in [0.1, 0.15) is 12.4 Å². The molecule has 2 heterocycles. The molecule has 1 aliphatic heterocycles. The largest absolute Gasteiger partial charge is 0.457 e. The van der Waals surface area contributed by atoms with Crippen LogP contribution in [0.1, 0.15) is 28.2 Å². The van der Waals surface area contributed by atoms with Crippen molar-refractivity contribution in [1.82, 2.24) is 9.55 Å². The van der Waals surface area contributed by atoms with Crippen molar-refractivity contribution in [2.45, 2.75) is 26.0 Å². The Balaban J connectivity index is 1.60. The lowest BCUT2D eigenvalue weighted by Gasteiger charge is -2.08. The van der Waals surface area contributed by atoms with Gasteiger partial charge in [-0.2, -0.15) is 0 Å². The van der Waals surface area contributed by atoms with Crippen molar-refractivity contribution < 1.29 is 9.53 Å². The molecule has 0 unspecified atom stereocenters. The molecule has 0 saturated heterocycles. The van der Waals surface area contributed by atoms with Crippen LogP contribution >= 0.6 is 11.6 Å². The molecule has 2 aromatic carbocycles. The highest BCUT2D eigenvalue weighted by molar-refractivity contribution is 6.30. The lowest BCUT2D eigenvalue weighted by atomic mass is 10.1. The van der Waals surface area contributed by atoms with Crippen LogP contribution in [0.2, 0.25) is 5.02 Å². The third kappa shape index (κ3) is 3.03. The highest BCUT2D eigenvalue weighted by atomic mass is 35.5. The Morgan fingerprint density at radius 1 is 1.24 bits per heavy atom. The fourth-order valence-corrected chi connectivity index (χ4v) is 3.28. The predicted octanol–water partition coefficient (Wildman–Crippen LogP) is 3.35. The van der Waals surface area contributed by atoms with Gasteiger partial charge in [-0.1, -0.05) is 23.7 Å². The molecule has 25 heavy (non-hydrogen) atoms. The van der Waals surface area contributed by atoms with Crippen molar-refractivity contribution in [3.63, 3.8) is 0 Å². The van der Waals surface area contributed by atoms with Crippen molar-refractivity contribution in [3.05, 3.63) is 74.8 Å². The minimum absolute atomic E-state index is 0.0451. The summed E-state index contributed by atoms with van der Waals surface area (Å²) in [6.07, 6.45) is 1.71. The quantitative estimate of drug-likeness (QED) is 0.677. The fraction of sp³-hybridized carbons (Fsp3) is 0.211. The maximum absolute atomic E-state index is 12.4. The zero-order valence-corrected chi connectivity index (χ0v) is 14.1. The highest BCUT2D eigenvalue weighted by Crippen LogP contribution is 2.17. The number of aryl methyl sites for hydroxylation is 1. The molecule has 6 heteroatoms. The highest BCUT2D eigenvalue weighted by Gasteiger charge is 2.17. The molecule has 4 rings (SSSR count). The van der Waals surface area contributed by atoms with Gasteiger partial charge in [0.2, 0.25) is 0 Å². The lowest BCUT2D eigenvalue weighted by molar-refractivity contribution is 0.0473. The lowest BCUT2D eigenvalue weighted by Crippen LogP contribution is -2.21. The van der Waals surface area contributed by atoms with Crippen LogP contribution in [-0.2, 0) is 24.3 Å². The van der Waals surface area contributed by atoms with Crippen molar-refractivity contribution in [2.75, 3.05) is 0 Å². The number of hydrogen-bond acceptors (Lipinski definition) is 4. The monoisotopic (exact) mass is 354 g/mol. The second-order valence-corrected chi connectivity index (χ2v) is 6.46. The third-order valence-corrected chi connectivity index (χ3v) is 4.55. The summed E-state index contributed by atoms with van der Waals surface area (Å²) >= 11 is 5.92. The van der Waals surface area contributed by atoms with Gasteiger partial charge in [-0.05, 0) is 42.3 Å². The van der Waals surface area contributed by atoms with Crippen LogP contribution in [0.3, 0.4) is 0 Å². The molecule has 1 aliphatic rings. The summed E-state index contributed by atoms with van der Waals surface area (Å²) in [7, 11) is 0. The van der Waals surface area contributed by atoms with E-state index in [2.05, 4.69) is 4.98 Å². The molecule has 0 saturated carbocycles. The maximum atomic E-state index is 12.4. The molecule has 0 amide bonds. The van der Waals surface area contributed by atoms with Crippen LogP contribution in [0, 0.1) is 0 Å². The van der Waals surface area contributed by atoms with Gasteiger partial charge < -0.3 is 4.74 Å². The van der Waals surface area contributed by atoms with Gasteiger partial charge >= 0.3 is 5.97 Å². The van der Waals surface area contributed by atoms with Gasteiger partial charge in [-0.25, -0.2) is 9.78 Å². The minimum Gasteiger partial charge on any atom is -0.457 e. The molecular weight excluding hydrogens is 340 g/mol. The Hall–Kier alpha value is -2.66. The van der Waals surface area contributed by atoms with Gasteiger partial charge in [0.25, 0.3) is 5.56 Å². The van der Waals surface area contributed by atoms with Gasteiger partial charge in [0.05, 0.1) is 16.5 Å². The number of fused-ring (bicyclic) bond motifs is 2. The Morgan fingerprint density at radius 2 is 2.12 bits per heavy atom. The molecule has 3 aromatic rings. The standard InChI is InChI=1S/C19H15ClN2O3/c20-14-4-1-3-12(9-14)11-25-19(24)13-6-7-15-16(10-13)21-17-5-2-8-22(17)18(15)23/h1,3-4,6-7,9-10H,2,5,8,11H2. The number of halogens is 1. The number of aromatic nitrogens is 2. The van der Waals surface area contributed by atoms with E-state index in [4.69, 9.17) is 16.3 Å². The molecule has 0 fully saturated rings. The maximum Gasteiger partial charge on any atom is 0.338 e. The first-order valence-corrected chi connectivity index (χ1v) is 8.45. The average molecular weight is 355 g/mol. The SMILES string of the molecule is O=C(OCc1cccc(Cl)c1)c1ccc2c(=O)n3c(nc2c1)CCC3. The molecule has 0 N–H and O–H groups in total. The summed E-state index contributed by atoms with van der Waals surface area (Å²) in [6, 6.07) is 12.0. The van der Waals surface area contributed by atoms with E-state index in [1.165, 1.54) is 0 Å². The number of benzene rings is 2. The summed E-state index contributed by atoms with van der Waals surface area (Å²) in [4.78, 5) is 29.3. The molecular formula is C19H15ClN2O3. The molecule has 0 aliphatic carbocycles. The first-order valence-electron chi connectivity index (χ1n) is 8.07. The second-order valence-electron chi connectivity index (χ2n) is 6.03. The molecule has 5 nitrogen and oxygen atoms in total. The summed E-state index contributed by atoms with van der Waals surface area (Å²) in [5.74, 6) is 0.325. The molecule has 0 atom stereocenters. The summed E-state index contributed by atoms with van der Waals surface area (Å²) in [5, 5.41) is 1.12. The van der Waals surface area contributed by atoms with Crippen LogP contribution in [0.5, 0.6) is 0 Å². The molecule has 1 aromatic heterocycles. The van der Waals surface area contributed by atoms with Gasteiger partial charge in [-0.15, -0.1) is 0 Å². The van der Waals surface area contributed by atoms with Gasteiger partial charge in [0.15, 0.2) is 0 Å². The predicted molar refractivity (Wildman–Crippen MR) is 94.9 cm³/mol. The second kappa shape index (κ2) is 6.33. The Labute approximate surface area is 148 Å². The summed E-state index contributed by atoms with van der Waals surface area (Å²) in [6.45, 7) is 0.845. The number of ether oxygens (including phenoxy) is 1. The summed E-state index contributed by atoms with van der Waals surface area (Å²) < 4.78 is 7.04. The normalized spacial score (nSPS) is 13.0. The third-order valence-electron chi connectivity index (χ3n) is 4.31. The van der Waals surface area contributed by atoms with Crippen LogP contribution < -0.4 is 5.56 Å². The number of hydrogen-bond donors (Lipinski definition) is 0. The fourth-order valence-electron chi connectivity index (χ4n) is 3.07. The van der Waals surface area contributed by atoms with Crippen LogP contribution in [0.25, 0.3) is 10.9 Å². The van der Waals surface area contributed by atoms with E-state index < -0.39 is 5.97 Å². The number of carbonyl (C=O) groups excluding carboxylic acids is 1. The van der Waals surface area contributed by atoms with Crippen molar-refractivity contribution >= 4 is 28.5 Å². The van der Waals surface area contributed by atoms with Crippen LogP contribution in [0.15, 0.2) is 47.3 Å². The Bertz CT molecular complexity index is 1040. The van der Waals surface area contributed by atoms with E-state index in [0.29, 0.717) is 28.0 Å². The van der Waals surface area contributed by atoms with Crippen molar-refractivity contribution in [2.24, 2.45) is 0 Å². The van der Waals surface area contributed by atoms with Crippen molar-refractivity contribution in [1.29, 1.82) is 0 Å². The van der Waals surface area contributed by atoms with E-state index in [9.17, 15) is 9.59 Å². The van der Waals surface area contributed by atoms with E-state index in [-0.39, 0.29) is 12.2 Å². The first-order chi connectivity index (χ1) is 12.1. The van der Waals surface area contributed by atoms with Gasteiger partial charge in [0, 0.05) is 18.0 Å². The van der Waals surface area contributed by atoms with E-state index in [0.717, 1.165) is 24.2 Å². The Kier molecular flexibility index (Phi) is 4.01. The number of carbonyl (C=O) groups is 1. The van der Waals surface area contributed by atoms with E-state index in [1.54, 1.807) is 41.0 Å². The average Bonchev–Trinajstić information content (AvgIpc) is 3.08.